The van der Waals surface area contributed by atoms with Gasteiger partial charge in [0.25, 0.3) is 0 Å². The van der Waals surface area contributed by atoms with Gasteiger partial charge in [0.1, 0.15) is 12.4 Å². The topological polar surface area (TPSA) is 46.5 Å². The van der Waals surface area contributed by atoms with Crippen LogP contribution in [0, 0.1) is 0 Å². The van der Waals surface area contributed by atoms with Crippen molar-refractivity contribution in [2.75, 3.05) is 6.61 Å². The van der Waals surface area contributed by atoms with E-state index < -0.39 is 5.97 Å². The molecule has 0 aliphatic rings. The zero-order valence-corrected chi connectivity index (χ0v) is 9.63. The smallest absolute Gasteiger partial charge is 0.349 e. The molecule has 1 heterocycles. The number of carbonyl (C=O) groups is 1. The molecule has 15 heavy (non-hydrogen) atoms. The van der Waals surface area contributed by atoms with Crippen LogP contribution in [0.15, 0.2) is 18.2 Å². The van der Waals surface area contributed by atoms with E-state index in [0.29, 0.717) is 12.4 Å². The van der Waals surface area contributed by atoms with Gasteiger partial charge in [-0.1, -0.05) is 19.1 Å². The van der Waals surface area contributed by atoms with Crippen LogP contribution in [0.2, 0.25) is 0 Å². The first-order valence-electron chi connectivity index (χ1n) is 4.79. The summed E-state index contributed by atoms with van der Waals surface area (Å²) in [5.41, 5.74) is 0. The summed E-state index contributed by atoms with van der Waals surface area (Å²) in [4.78, 5) is 12.2. The lowest BCUT2D eigenvalue weighted by molar-refractivity contribution is 0.0698. The van der Waals surface area contributed by atoms with Crippen molar-refractivity contribution in [3.63, 3.8) is 0 Å². The Balaban J connectivity index is 2.83. The minimum absolute atomic E-state index is 0.288. The molecule has 0 atom stereocenters. The van der Waals surface area contributed by atoms with Gasteiger partial charge in [-0.2, -0.15) is 0 Å². The van der Waals surface area contributed by atoms with Crippen LogP contribution in [0.1, 0.15) is 28.4 Å². The second kappa shape index (κ2) is 5.56. The molecule has 0 unspecified atom stereocenters. The fourth-order valence-corrected chi connectivity index (χ4v) is 1.97. The number of ether oxygens (including phenoxy) is 1. The Kier molecular flexibility index (Phi) is 4.37. The van der Waals surface area contributed by atoms with Crippen molar-refractivity contribution in [3.05, 3.63) is 28.0 Å². The second-order valence-electron chi connectivity index (χ2n) is 2.94. The number of aromatic carboxylic acids is 1. The van der Waals surface area contributed by atoms with E-state index in [1.807, 2.05) is 26.0 Å². The van der Waals surface area contributed by atoms with E-state index in [1.165, 1.54) is 11.3 Å². The SMILES string of the molecule is CC=CCOc1cc(CC)sc1C(=O)O. The minimum Gasteiger partial charge on any atom is -0.488 e. The first kappa shape index (κ1) is 11.8. The Hall–Kier alpha value is -1.29. The van der Waals surface area contributed by atoms with Crippen LogP contribution in [0.5, 0.6) is 5.75 Å². The average molecular weight is 226 g/mol. The van der Waals surface area contributed by atoms with E-state index in [2.05, 4.69) is 0 Å². The molecule has 0 radical (unpaired) electrons. The van der Waals surface area contributed by atoms with Crippen LogP contribution in [0.3, 0.4) is 0 Å². The van der Waals surface area contributed by atoms with E-state index in [4.69, 9.17) is 9.84 Å². The Morgan fingerprint density at radius 2 is 2.40 bits per heavy atom. The van der Waals surface area contributed by atoms with E-state index >= 15 is 0 Å². The van der Waals surface area contributed by atoms with Crippen LogP contribution in [-0.2, 0) is 6.42 Å². The molecule has 0 aromatic carbocycles. The molecule has 0 fully saturated rings. The maximum atomic E-state index is 10.9. The summed E-state index contributed by atoms with van der Waals surface area (Å²) in [5, 5.41) is 8.94. The number of allylic oxidation sites excluding steroid dienone is 1. The molecule has 1 rings (SSSR count). The monoisotopic (exact) mass is 226 g/mol. The fraction of sp³-hybridized carbons (Fsp3) is 0.364. The normalized spacial score (nSPS) is 10.8. The molecule has 4 heteroatoms. The third kappa shape index (κ3) is 3.09. The van der Waals surface area contributed by atoms with Crippen molar-refractivity contribution in [1.82, 2.24) is 0 Å². The molecular formula is C11H14O3S. The van der Waals surface area contributed by atoms with E-state index in [1.54, 1.807) is 6.07 Å². The van der Waals surface area contributed by atoms with Crippen LogP contribution < -0.4 is 4.74 Å². The predicted octanol–water partition coefficient (Wildman–Crippen LogP) is 2.96. The van der Waals surface area contributed by atoms with Gasteiger partial charge in [0, 0.05) is 4.88 Å². The Bertz CT molecular complexity index is 366. The van der Waals surface area contributed by atoms with E-state index in [0.717, 1.165) is 11.3 Å². The highest BCUT2D eigenvalue weighted by molar-refractivity contribution is 7.14. The number of thiophene rings is 1. The molecule has 1 aromatic rings. The molecule has 0 saturated carbocycles. The first-order chi connectivity index (χ1) is 7.19. The Morgan fingerprint density at radius 3 is 2.93 bits per heavy atom. The minimum atomic E-state index is -0.921. The highest BCUT2D eigenvalue weighted by atomic mass is 32.1. The molecule has 0 aliphatic heterocycles. The molecule has 0 aliphatic carbocycles. The molecular weight excluding hydrogens is 212 g/mol. The zero-order chi connectivity index (χ0) is 11.3. The van der Waals surface area contributed by atoms with Gasteiger partial charge >= 0.3 is 5.97 Å². The van der Waals surface area contributed by atoms with Gasteiger partial charge in [-0.15, -0.1) is 11.3 Å². The average Bonchev–Trinajstić information content (AvgIpc) is 2.62. The standard InChI is InChI=1S/C11H14O3S/c1-3-5-6-14-9-7-8(4-2)15-10(9)11(12)13/h3,5,7H,4,6H2,1-2H3,(H,12,13). The largest absolute Gasteiger partial charge is 0.488 e. The fourth-order valence-electron chi connectivity index (χ4n) is 1.09. The maximum absolute atomic E-state index is 10.9. The molecule has 0 spiro atoms. The molecule has 1 N–H and O–H groups in total. The summed E-state index contributed by atoms with van der Waals surface area (Å²) in [7, 11) is 0. The van der Waals surface area contributed by atoms with Crippen molar-refractivity contribution >= 4 is 17.3 Å². The van der Waals surface area contributed by atoms with Gasteiger partial charge in [0.2, 0.25) is 0 Å². The van der Waals surface area contributed by atoms with Gasteiger partial charge in [0.15, 0.2) is 4.88 Å². The molecule has 0 bridgehead atoms. The van der Waals surface area contributed by atoms with Crippen molar-refractivity contribution in [2.45, 2.75) is 20.3 Å². The third-order valence-electron chi connectivity index (χ3n) is 1.86. The highest BCUT2D eigenvalue weighted by Crippen LogP contribution is 2.29. The quantitative estimate of drug-likeness (QED) is 0.785. The van der Waals surface area contributed by atoms with Gasteiger partial charge in [-0.3, -0.25) is 0 Å². The van der Waals surface area contributed by atoms with Crippen molar-refractivity contribution in [1.29, 1.82) is 0 Å². The predicted molar refractivity (Wildman–Crippen MR) is 61.0 cm³/mol. The number of hydrogen-bond acceptors (Lipinski definition) is 3. The maximum Gasteiger partial charge on any atom is 0.349 e. The molecule has 0 saturated heterocycles. The lowest BCUT2D eigenvalue weighted by Gasteiger charge is -2.00. The number of rotatable bonds is 5. The summed E-state index contributed by atoms with van der Waals surface area (Å²) in [6, 6.07) is 1.80. The van der Waals surface area contributed by atoms with Gasteiger partial charge in [-0.25, -0.2) is 4.79 Å². The van der Waals surface area contributed by atoms with Crippen LogP contribution in [-0.4, -0.2) is 17.7 Å². The lowest BCUT2D eigenvalue weighted by atomic mass is 10.3. The second-order valence-corrected chi connectivity index (χ2v) is 4.08. The van der Waals surface area contributed by atoms with Gasteiger partial charge in [0.05, 0.1) is 0 Å². The number of hydrogen-bond donors (Lipinski definition) is 1. The molecule has 1 aromatic heterocycles. The van der Waals surface area contributed by atoms with E-state index in [9.17, 15) is 4.79 Å². The summed E-state index contributed by atoms with van der Waals surface area (Å²) < 4.78 is 5.36. The van der Waals surface area contributed by atoms with Crippen LogP contribution in [0.25, 0.3) is 0 Å². The molecule has 82 valence electrons. The van der Waals surface area contributed by atoms with Crippen LogP contribution in [0.4, 0.5) is 0 Å². The Morgan fingerprint density at radius 1 is 1.67 bits per heavy atom. The number of carboxylic acids is 1. The highest BCUT2D eigenvalue weighted by Gasteiger charge is 2.15. The van der Waals surface area contributed by atoms with Crippen molar-refractivity contribution in [3.8, 4) is 5.75 Å². The van der Waals surface area contributed by atoms with Gasteiger partial charge < -0.3 is 9.84 Å². The first-order valence-corrected chi connectivity index (χ1v) is 5.60. The molecule has 3 nitrogen and oxygen atoms in total. The van der Waals surface area contributed by atoms with Crippen molar-refractivity contribution < 1.29 is 14.6 Å². The summed E-state index contributed by atoms with van der Waals surface area (Å²) in [6.07, 6.45) is 4.54. The Labute approximate surface area is 93.0 Å². The summed E-state index contributed by atoms with van der Waals surface area (Å²) >= 11 is 1.28. The zero-order valence-electron chi connectivity index (χ0n) is 8.82. The third-order valence-corrected chi connectivity index (χ3v) is 3.11. The van der Waals surface area contributed by atoms with Gasteiger partial charge in [-0.05, 0) is 19.4 Å². The summed E-state index contributed by atoms with van der Waals surface area (Å²) in [6.45, 7) is 4.30. The van der Waals surface area contributed by atoms with Crippen LogP contribution >= 0.6 is 11.3 Å². The lowest BCUT2D eigenvalue weighted by Crippen LogP contribution is -1.99. The van der Waals surface area contributed by atoms with Crippen molar-refractivity contribution in [2.24, 2.45) is 0 Å². The summed E-state index contributed by atoms with van der Waals surface area (Å²) in [5.74, 6) is -0.447. The number of carboxylic acid groups (broad SMARTS) is 1. The molecule has 0 amide bonds. The van der Waals surface area contributed by atoms with E-state index in [-0.39, 0.29) is 4.88 Å². The number of aryl methyl sites for hydroxylation is 1.